The number of rotatable bonds is 7. The Morgan fingerprint density at radius 2 is 1.34 bits per heavy atom. The number of alkyl halides is 2. The molecule has 6 atom stereocenters. The number of hydrogen-bond donors (Lipinski definition) is 0. The van der Waals surface area contributed by atoms with E-state index in [4.69, 9.17) is 27.9 Å². The lowest BCUT2D eigenvalue weighted by Crippen LogP contribution is -2.52. The molecule has 1 aliphatic heterocycles. The number of hydrogen-bond acceptors (Lipinski definition) is 6. The highest BCUT2D eigenvalue weighted by molar-refractivity contribution is 9.12. The van der Waals surface area contributed by atoms with Gasteiger partial charge in [0, 0.05) is 25.3 Å². The number of carbonyl (C=O) groups is 5. The average molecular weight is 828 g/mol. The number of hydrazine groups is 1. The third-order valence-electron chi connectivity index (χ3n) is 8.37. The summed E-state index contributed by atoms with van der Waals surface area (Å²) in [6.45, 7) is -0.598. The maximum Gasteiger partial charge on any atom is 0.343 e. The molecule has 0 radical (unpaired) electrons. The van der Waals surface area contributed by atoms with Crippen LogP contribution in [0.15, 0.2) is 71.2 Å². The zero-order valence-corrected chi connectivity index (χ0v) is 28.7. The topological polar surface area (TPSA) is 101 Å². The minimum absolute atomic E-state index is 0.00249. The molecule has 0 N–H and O–H groups in total. The first kappa shape index (κ1) is 31.4. The van der Waals surface area contributed by atoms with Gasteiger partial charge in [-0.1, -0.05) is 71.0 Å². The minimum Gasteiger partial charge on any atom is -0.423 e. The number of amides is 3. The molecule has 6 rings (SSSR count). The predicted molar refractivity (Wildman–Crippen MR) is 173 cm³/mol. The van der Waals surface area contributed by atoms with Gasteiger partial charge in [-0.15, -0.1) is 0 Å². The Balaban J connectivity index is 1.26. The molecule has 226 valence electrons. The van der Waals surface area contributed by atoms with E-state index in [0.29, 0.717) is 12.0 Å². The number of benzene rings is 3. The van der Waals surface area contributed by atoms with Crippen LogP contribution < -0.4 is 4.74 Å². The molecule has 3 aromatic rings. The number of halogens is 5. The van der Waals surface area contributed by atoms with E-state index in [1.165, 1.54) is 42.5 Å². The molecule has 8 nitrogen and oxygen atoms in total. The molecule has 0 unspecified atom stereocenters. The second kappa shape index (κ2) is 12.3. The van der Waals surface area contributed by atoms with Crippen LogP contribution in [0.1, 0.15) is 37.5 Å². The summed E-state index contributed by atoms with van der Waals surface area (Å²) in [6, 6.07) is 16.6. The lowest BCUT2D eigenvalue weighted by Gasteiger charge is -2.31. The largest absolute Gasteiger partial charge is 0.423 e. The second-order valence-corrected chi connectivity index (χ2v) is 14.7. The smallest absolute Gasteiger partial charge is 0.343 e. The van der Waals surface area contributed by atoms with Crippen LogP contribution in [-0.2, 0) is 9.59 Å². The van der Waals surface area contributed by atoms with Crippen molar-refractivity contribution in [1.29, 1.82) is 0 Å². The highest BCUT2D eigenvalue weighted by atomic mass is 79.9. The lowest BCUT2D eigenvalue weighted by molar-refractivity contribution is -0.154. The molecule has 2 saturated carbocycles. The van der Waals surface area contributed by atoms with Gasteiger partial charge in [0.2, 0.25) is 0 Å². The lowest BCUT2D eigenvalue weighted by atomic mass is 9.81. The number of nitrogens with zero attached hydrogens (tertiary/aromatic N) is 2. The molecule has 1 heterocycles. The first-order chi connectivity index (χ1) is 21.0. The van der Waals surface area contributed by atoms with Crippen molar-refractivity contribution in [2.45, 2.75) is 16.1 Å². The molecule has 3 aliphatic rings. The van der Waals surface area contributed by atoms with Gasteiger partial charge in [0.05, 0.1) is 27.4 Å². The fraction of sp³-hybridized carbons (Fsp3) is 0.258. The summed E-state index contributed by atoms with van der Waals surface area (Å²) in [5.41, 5.74) is 0.584. The highest BCUT2D eigenvalue weighted by Crippen LogP contribution is 2.60. The van der Waals surface area contributed by atoms with E-state index < -0.39 is 47.9 Å². The quantitative estimate of drug-likeness (QED) is 0.0838. The number of imide groups is 1. The van der Waals surface area contributed by atoms with E-state index >= 15 is 0 Å². The van der Waals surface area contributed by atoms with E-state index in [1.807, 2.05) is 0 Å². The van der Waals surface area contributed by atoms with Crippen LogP contribution in [0.2, 0.25) is 10.0 Å². The normalized spacial score (nSPS) is 25.2. The van der Waals surface area contributed by atoms with E-state index in [9.17, 15) is 24.0 Å². The van der Waals surface area contributed by atoms with E-state index in [0.717, 1.165) is 14.5 Å². The first-order valence-electron chi connectivity index (χ1n) is 13.5. The molecule has 3 aromatic carbocycles. The Morgan fingerprint density at radius 3 is 1.91 bits per heavy atom. The number of esters is 1. The number of Topliss-reactive ketones (excluding diaryl/α,β-unsaturated/α-hetero) is 1. The second-order valence-electron chi connectivity index (χ2n) is 10.8. The van der Waals surface area contributed by atoms with Gasteiger partial charge in [-0.05, 0) is 85.0 Å². The molecular weight excluding hydrogens is 807 g/mol. The number of carbonyl (C=O) groups excluding carboxylic acids is 5. The zero-order valence-electron chi connectivity index (χ0n) is 22.5. The van der Waals surface area contributed by atoms with Gasteiger partial charge in [0.25, 0.3) is 17.7 Å². The third kappa shape index (κ3) is 5.55. The van der Waals surface area contributed by atoms with Crippen LogP contribution in [-0.4, -0.2) is 55.7 Å². The van der Waals surface area contributed by atoms with Gasteiger partial charge >= 0.3 is 5.97 Å². The van der Waals surface area contributed by atoms with Crippen LogP contribution >= 0.6 is 71.0 Å². The average Bonchev–Trinajstić information content (AvgIpc) is 3.62. The summed E-state index contributed by atoms with van der Waals surface area (Å²) in [4.78, 5) is 67.5. The van der Waals surface area contributed by atoms with Gasteiger partial charge in [0.1, 0.15) is 12.3 Å². The van der Waals surface area contributed by atoms with E-state index in [-0.39, 0.29) is 48.4 Å². The van der Waals surface area contributed by atoms with Crippen molar-refractivity contribution in [3.8, 4) is 5.75 Å². The fourth-order valence-electron chi connectivity index (χ4n) is 6.27. The van der Waals surface area contributed by atoms with E-state index in [2.05, 4.69) is 47.8 Å². The predicted octanol–water partition coefficient (Wildman–Crippen LogP) is 6.99. The van der Waals surface area contributed by atoms with Crippen molar-refractivity contribution in [3.05, 3.63) is 97.9 Å². The Labute approximate surface area is 287 Å². The Kier molecular flexibility index (Phi) is 8.80. The third-order valence-corrected chi connectivity index (χ3v) is 12.8. The minimum atomic E-state index is -0.753. The van der Waals surface area contributed by atoms with Crippen LogP contribution in [0, 0.1) is 23.7 Å². The fourth-order valence-corrected chi connectivity index (χ4v) is 8.71. The molecule has 0 spiro atoms. The summed E-state index contributed by atoms with van der Waals surface area (Å²) in [5, 5.41) is 2.07. The van der Waals surface area contributed by atoms with Crippen LogP contribution in [0.25, 0.3) is 0 Å². The number of fused-ring (bicyclic) bond motifs is 5. The molecule has 0 aromatic heterocycles. The Bertz CT molecular complexity index is 1670. The van der Waals surface area contributed by atoms with Crippen molar-refractivity contribution >= 4 is 100 Å². The molecule has 2 aliphatic carbocycles. The van der Waals surface area contributed by atoms with Crippen molar-refractivity contribution < 1.29 is 28.7 Å². The molecular formula is C31H21Br3Cl2N2O6. The summed E-state index contributed by atoms with van der Waals surface area (Å²) in [7, 11) is 0. The van der Waals surface area contributed by atoms with Gasteiger partial charge in [-0.25, -0.2) is 9.80 Å². The van der Waals surface area contributed by atoms with Crippen LogP contribution in [0.4, 0.5) is 0 Å². The summed E-state index contributed by atoms with van der Waals surface area (Å²) >= 11 is 22.9. The maximum absolute atomic E-state index is 13.9. The molecule has 2 bridgehead atoms. The summed E-state index contributed by atoms with van der Waals surface area (Å²) in [5.74, 6) is -4.02. The van der Waals surface area contributed by atoms with Crippen molar-refractivity contribution in [3.63, 3.8) is 0 Å². The first-order valence-corrected chi connectivity index (χ1v) is 16.9. The van der Waals surface area contributed by atoms with Crippen molar-refractivity contribution in [1.82, 2.24) is 10.0 Å². The molecule has 3 amide bonds. The van der Waals surface area contributed by atoms with Crippen LogP contribution in [0.3, 0.4) is 0 Å². The summed E-state index contributed by atoms with van der Waals surface area (Å²) in [6.07, 6.45) is 0.713. The SMILES string of the molecule is O=C(CN(C(=O)c1ccc(Cl)c(Cl)c1)N1C(=O)[C@@H]2[C@H]3C[C@@H]([C@H](Br)[C@H]3Br)[C@H]2C1=O)c1ccc(OC(=O)c2ccc(Br)cc2)cc1. The monoisotopic (exact) mass is 824 g/mol. The van der Waals surface area contributed by atoms with Gasteiger partial charge in [-0.2, -0.15) is 5.01 Å². The standard InChI is InChI=1S/C31H21Br3Cl2N2O6/c32-17-6-1-15(2-7-17)31(43)44-18-8-3-14(4-9-18)23(39)13-37(28(40)16-5-10-21(35)22(36)11-16)38-29(41)24-19-12-20(25(24)30(38)42)27(34)26(19)33/h1-11,19-20,24-27H,12-13H2/t19-,20-,24-,25-,26+,27+/m1/s1. The number of ether oxygens (including phenoxy) is 1. The van der Waals surface area contributed by atoms with E-state index in [1.54, 1.807) is 24.3 Å². The van der Waals surface area contributed by atoms with Crippen LogP contribution in [0.5, 0.6) is 5.75 Å². The molecule has 44 heavy (non-hydrogen) atoms. The molecule has 1 saturated heterocycles. The van der Waals surface area contributed by atoms with Gasteiger partial charge < -0.3 is 4.74 Å². The molecule has 3 fully saturated rings. The van der Waals surface area contributed by atoms with Gasteiger partial charge in [-0.3, -0.25) is 19.2 Å². The summed E-state index contributed by atoms with van der Waals surface area (Å²) < 4.78 is 6.23. The maximum atomic E-state index is 13.9. The van der Waals surface area contributed by atoms with Crippen molar-refractivity contribution in [2.75, 3.05) is 6.54 Å². The van der Waals surface area contributed by atoms with Gasteiger partial charge in [0.15, 0.2) is 5.78 Å². The number of ketones is 1. The Hall–Kier alpha value is -2.57. The highest BCUT2D eigenvalue weighted by Gasteiger charge is 2.67. The van der Waals surface area contributed by atoms with Crippen molar-refractivity contribution in [2.24, 2.45) is 23.7 Å². The zero-order chi connectivity index (χ0) is 31.4. The molecule has 13 heteroatoms. The Morgan fingerprint density at radius 1 is 0.795 bits per heavy atom.